The molecule has 0 aliphatic carbocycles. The molecule has 2 fully saturated rings. The lowest BCUT2D eigenvalue weighted by molar-refractivity contribution is -0.137. The summed E-state index contributed by atoms with van der Waals surface area (Å²) in [7, 11) is 0. The molecule has 0 bridgehead atoms. The van der Waals surface area contributed by atoms with Crippen LogP contribution in [0.2, 0.25) is 0 Å². The molecule has 0 aromatic rings. The van der Waals surface area contributed by atoms with Crippen LogP contribution in [0.4, 0.5) is 0 Å². The van der Waals surface area contributed by atoms with Crippen molar-refractivity contribution in [2.75, 3.05) is 32.9 Å². The smallest absolute Gasteiger partial charge is 0.226 e. The zero-order chi connectivity index (χ0) is 14.5. The van der Waals surface area contributed by atoms with Gasteiger partial charge in [-0.15, -0.1) is 0 Å². The van der Waals surface area contributed by atoms with Crippen LogP contribution < -0.4 is 10.6 Å². The number of aliphatic hydroxyl groups excluding tert-OH is 1. The number of hydrogen-bond donors (Lipinski definition) is 3. The van der Waals surface area contributed by atoms with Crippen LogP contribution >= 0.6 is 0 Å². The fourth-order valence-corrected chi connectivity index (χ4v) is 3.43. The van der Waals surface area contributed by atoms with E-state index in [1.807, 2.05) is 0 Å². The van der Waals surface area contributed by atoms with Gasteiger partial charge in [-0.2, -0.15) is 0 Å². The summed E-state index contributed by atoms with van der Waals surface area (Å²) in [5.41, 5.74) is -0.721. The molecule has 0 aromatic carbocycles. The summed E-state index contributed by atoms with van der Waals surface area (Å²) in [4.78, 5) is 12.9. The van der Waals surface area contributed by atoms with E-state index >= 15 is 0 Å². The second-order valence-electron chi connectivity index (χ2n) is 6.29. The third kappa shape index (κ3) is 3.32. The molecule has 2 saturated heterocycles. The summed E-state index contributed by atoms with van der Waals surface area (Å²) < 4.78 is 5.35. The van der Waals surface area contributed by atoms with Crippen LogP contribution in [0.15, 0.2) is 0 Å². The normalized spacial score (nSPS) is 25.1. The van der Waals surface area contributed by atoms with Crippen LogP contribution in [-0.4, -0.2) is 49.5 Å². The molecule has 2 rings (SSSR count). The average molecular weight is 284 g/mol. The second-order valence-corrected chi connectivity index (χ2v) is 6.29. The van der Waals surface area contributed by atoms with Gasteiger partial charge in [0.15, 0.2) is 0 Å². The van der Waals surface area contributed by atoms with Gasteiger partial charge in [0.2, 0.25) is 5.91 Å². The standard InChI is InChI=1S/C15H28N2O3/c1-2-3-14(4-8-16-9-5-14)13(19)17-15(12-18)6-10-20-11-7-15/h16,18H,2-12H2,1H3,(H,17,19). The van der Waals surface area contributed by atoms with Crippen molar-refractivity contribution in [2.45, 2.75) is 51.0 Å². The van der Waals surface area contributed by atoms with Crippen molar-refractivity contribution in [1.29, 1.82) is 0 Å². The predicted octanol–water partition coefficient (Wildman–Crippen LogP) is 0.814. The van der Waals surface area contributed by atoms with Gasteiger partial charge in [0.1, 0.15) is 0 Å². The highest BCUT2D eigenvalue weighted by molar-refractivity contribution is 5.83. The Kier molecular flexibility index (Phi) is 5.41. The predicted molar refractivity (Wildman–Crippen MR) is 77.5 cm³/mol. The van der Waals surface area contributed by atoms with Gasteiger partial charge < -0.3 is 20.5 Å². The van der Waals surface area contributed by atoms with E-state index in [0.29, 0.717) is 26.1 Å². The highest BCUT2D eigenvalue weighted by Gasteiger charge is 2.43. The Morgan fingerprint density at radius 2 is 1.90 bits per heavy atom. The molecule has 2 aliphatic heterocycles. The first kappa shape index (κ1) is 15.7. The molecular formula is C15H28N2O3. The molecule has 5 heteroatoms. The number of carbonyl (C=O) groups is 1. The van der Waals surface area contributed by atoms with E-state index in [-0.39, 0.29) is 17.9 Å². The molecule has 20 heavy (non-hydrogen) atoms. The molecule has 1 amide bonds. The minimum absolute atomic E-state index is 0.00253. The van der Waals surface area contributed by atoms with Crippen LogP contribution in [0, 0.1) is 5.41 Å². The van der Waals surface area contributed by atoms with Gasteiger partial charge >= 0.3 is 0 Å². The average Bonchev–Trinajstić information content (AvgIpc) is 2.49. The van der Waals surface area contributed by atoms with Crippen molar-refractivity contribution < 1.29 is 14.6 Å². The highest BCUT2D eigenvalue weighted by Crippen LogP contribution is 2.35. The third-order valence-corrected chi connectivity index (χ3v) is 4.90. The van der Waals surface area contributed by atoms with Crippen LogP contribution in [-0.2, 0) is 9.53 Å². The number of piperidine rings is 1. The Bertz CT molecular complexity index is 316. The van der Waals surface area contributed by atoms with Gasteiger partial charge in [-0.1, -0.05) is 13.3 Å². The largest absolute Gasteiger partial charge is 0.394 e. The number of nitrogens with one attached hydrogen (secondary N) is 2. The van der Waals surface area contributed by atoms with Crippen molar-refractivity contribution in [2.24, 2.45) is 5.41 Å². The number of ether oxygens (including phenoxy) is 1. The molecule has 3 N–H and O–H groups in total. The summed E-state index contributed by atoms with van der Waals surface area (Å²) in [5.74, 6) is 0.136. The van der Waals surface area contributed by atoms with Crippen molar-refractivity contribution in [1.82, 2.24) is 10.6 Å². The SMILES string of the molecule is CCCC1(C(=O)NC2(CO)CCOCC2)CCNCC1. The van der Waals surface area contributed by atoms with Gasteiger partial charge in [0.05, 0.1) is 17.6 Å². The zero-order valence-electron chi connectivity index (χ0n) is 12.5. The summed E-state index contributed by atoms with van der Waals surface area (Å²) in [5, 5.41) is 16.2. The minimum atomic E-state index is -0.471. The molecule has 2 aliphatic rings. The van der Waals surface area contributed by atoms with Crippen molar-refractivity contribution in [3.05, 3.63) is 0 Å². The molecule has 0 radical (unpaired) electrons. The molecule has 0 aromatic heterocycles. The molecule has 5 nitrogen and oxygen atoms in total. The van der Waals surface area contributed by atoms with Crippen LogP contribution in [0.1, 0.15) is 45.4 Å². The topological polar surface area (TPSA) is 70.6 Å². The highest BCUT2D eigenvalue weighted by atomic mass is 16.5. The third-order valence-electron chi connectivity index (χ3n) is 4.90. The van der Waals surface area contributed by atoms with Crippen LogP contribution in [0.5, 0.6) is 0 Å². The van der Waals surface area contributed by atoms with E-state index in [1.165, 1.54) is 0 Å². The molecular weight excluding hydrogens is 256 g/mol. The molecule has 116 valence electrons. The Balaban J connectivity index is 2.06. The van der Waals surface area contributed by atoms with Crippen LogP contribution in [0.3, 0.4) is 0 Å². The van der Waals surface area contributed by atoms with Gasteiger partial charge in [0.25, 0.3) is 0 Å². The minimum Gasteiger partial charge on any atom is -0.394 e. The first-order valence-electron chi connectivity index (χ1n) is 7.88. The molecule has 0 atom stereocenters. The van der Waals surface area contributed by atoms with Crippen molar-refractivity contribution in [3.8, 4) is 0 Å². The summed E-state index contributed by atoms with van der Waals surface area (Å²) in [6, 6.07) is 0. The van der Waals surface area contributed by atoms with Crippen LogP contribution in [0.25, 0.3) is 0 Å². The fraction of sp³-hybridized carbons (Fsp3) is 0.933. The van der Waals surface area contributed by atoms with E-state index in [9.17, 15) is 9.90 Å². The Morgan fingerprint density at radius 3 is 2.45 bits per heavy atom. The maximum atomic E-state index is 12.9. The Morgan fingerprint density at radius 1 is 1.25 bits per heavy atom. The van der Waals surface area contributed by atoms with Gasteiger partial charge in [0, 0.05) is 13.2 Å². The Labute approximate surface area is 121 Å². The molecule has 0 spiro atoms. The number of carbonyl (C=O) groups excluding carboxylic acids is 1. The van der Waals surface area contributed by atoms with E-state index in [0.717, 1.165) is 38.8 Å². The first-order chi connectivity index (χ1) is 9.66. The molecule has 2 heterocycles. The molecule has 0 saturated carbocycles. The van der Waals surface area contributed by atoms with Crippen molar-refractivity contribution in [3.63, 3.8) is 0 Å². The van der Waals surface area contributed by atoms with E-state index < -0.39 is 5.54 Å². The fourth-order valence-electron chi connectivity index (χ4n) is 3.43. The summed E-state index contributed by atoms with van der Waals surface area (Å²) >= 11 is 0. The first-order valence-corrected chi connectivity index (χ1v) is 7.88. The van der Waals surface area contributed by atoms with E-state index in [2.05, 4.69) is 17.6 Å². The van der Waals surface area contributed by atoms with Crippen molar-refractivity contribution >= 4 is 5.91 Å². The number of amides is 1. The van der Waals surface area contributed by atoms with E-state index in [4.69, 9.17) is 4.74 Å². The lowest BCUT2D eigenvalue weighted by atomic mass is 9.73. The zero-order valence-corrected chi connectivity index (χ0v) is 12.5. The summed E-state index contributed by atoms with van der Waals surface area (Å²) in [6.07, 6.45) is 5.14. The number of rotatable bonds is 5. The second kappa shape index (κ2) is 6.87. The lowest BCUT2D eigenvalue weighted by Gasteiger charge is -2.42. The maximum Gasteiger partial charge on any atom is 0.226 e. The quantitative estimate of drug-likeness (QED) is 0.699. The number of aliphatic hydroxyl groups is 1. The monoisotopic (exact) mass is 284 g/mol. The molecule has 0 unspecified atom stereocenters. The lowest BCUT2D eigenvalue weighted by Crippen LogP contribution is -2.59. The van der Waals surface area contributed by atoms with Gasteiger partial charge in [-0.25, -0.2) is 0 Å². The van der Waals surface area contributed by atoms with Gasteiger partial charge in [-0.05, 0) is 45.2 Å². The maximum absolute atomic E-state index is 12.9. The Hall–Kier alpha value is -0.650. The van der Waals surface area contributed by atoms with E-state index in [1.54, 1.807) is 0 Å². The van der Waals surface area contributed by atoms with Gasteiger partial charge in [-0.3, -0.25) is 4.79 Å². The summed E-state index contributed by atoms with van der Waals surface area (Å²) in [6.45, 7) is 5.17. The number of hydrogen-bond acceptors (Lipinski definition) is 4.